The minimum Gasteiger partial charge on any atom is -0.394 e. The van der Waals surface area contributed by atoms with E-state index in [0.717, 1.165) is 0 Å². The van der Waals surface area contributed by atoms with Crippen LogP contribution in [0.2, 0.25) is 0 Å². The van der Waals surface area contributed by atoms with Gasteiger partial charge in [0.15, 0.2) is 6.29 Å². The molecule has 1 amide bonds. The summed E-state index contributed by atoms with van der Waals surface area (Å²) in [5, 5.41) is 31.1. The van der Waals surface area contributed by atoms with E-state index in [1.54, 1.807) is 0 Å². The fourth-order valence-corrected chi connectivity index (χ4v) is 1.86. The third kappa shape index (κ3) is 3.78. The van der Waals surface area contributed by atoms with Crippen LogP contribution in [0.5, 0.6) is 0 Å². The van der Waals surface area contributed by atoms with Crippen LogP contribution in [0.4, 0.5) is 0 Å². The Kier molecular flexibility index (Phi) is 6.27. The molecule has 1 saturated heterocycles. The highest BCUT2D eigenvalue weighted by Crippen LogP contribution is 2.22. The minimum absolute atomic E-state index is 0.156. The number of aliphatic hydroxyl groups excluding tert-OH is 3. The quantitative estimate of drug-likeness (QED) is 0.443. The normalized spacial score (nSPS) is 36.4. The Morgan fingerprint density at radius 1 is 1.44 bits per heavy atom. The number of ether oxygens (including phenoxy) is 2. The van der Waals surface area contributed by atoms with Gasteiger partial charge >= 0.3 is 0 Å². The summed E-state index contributed by atoms with van der Waals surface area (Å²) in [7, 11) is 0. The summed E-state index contributed by atoms with van der Waals surface area (Å²) in [4.78, 5) is 11.0. The van der Waals surface area contributed by atoms with Crippen LogP contribution in [-0.4, -0.2) is 71.0 Å². The Morgan fingerprint density at radius 3 is 2.61 bits per heavy atom. The smallest absolute Gasteiger partial charge is 0.217 e. The highest BCUT2D eigenvalue weighted by molar-refractivity contribution is 6.17. The molecule has 1 aliphatic heterocycles. The predicted octanol–water partition coefficient (Wildman–Crippen LogP) is -1.81. The molecule has 1 heterocycles. The molecule has 0 saturated carbocycles. The summed E-state index contributed by atoms with van der Waals surface area (Å²) in [6, 6.07) is -0.913. The van der Waals surface area contributed by atoms with Crippen molar-refractivity contribution in [1.29, 1.82) is 0 Å². The minimum atomic E-state index is -1.30. The van der Waals surface area contributed by atoms with Crippen molar-refractivity contribution in [3.8, 4) is 0 Å². The molecular weight excluding hydrogens is 266 g/mol. The zero-order chi connectivity index (χ0) is 13.7. The molecule has 4 N–H and O–H groups in total. The van der Waals surface area contributed by atoms with Gasteiger partial charge in [-0.3, -0.25) is 4.79 Å². The van der Waals surface area contributed by atoms with Gasteiger partial charge in [-0.1, -0.05) is 0 Å². The molecule has 0 spiro atoms. The molecule has 1 aliphatic rings. The molecule has 1 rings (SSSR count). The van der Waals surface area contributed by atoms with Gasteiger partial charge in [0.1, 0.15) is 24.4 Å². The topological polar surface area (TPSA) is 108 Å². The van der Waals surface area contributed by atoms with Crippen molar-refractivity contribution in [3.63, 3.8) is 0 Å². The van der Waals surface area contributed by atoms with Gasteiger partial charge in [-0.2, -0.15) is 0 Å². The molecule has 106 valence electrons. The van der Waals surface area contributed by atoms with Gasteiger partial charge in [0.2, 0.25) is 5.91 Å². The van der Waals surface area contributed by atoms with Gasteiger partial charge in [0.05, 0.1) is 13.2 Å². The van der Waals surface area contributed by atoms with E-state index in [2.05, 4.69) is 5.32 Å². The van der Waals surface area contributed by atoms with E-state index in [9.17, 15) is 15.0 Å². The first-order chi connectivity index (χ1) is 8.51. The maximum absolute atomic E-state index is 11.0. The second-order valence-electron chi connectivity index (χ2n) is 3.99. The molecule has 0 aromatic carbocycles. The maximum atomic E-state index is 11.0. The Balaban J connectivity index is 2.76. The molecule has 0 aromatic rings. The van der Waals surface area contributed by atoms with Crippen molar-refractivity contribution in [3.05, 3.63) is 0 Å². The van der Waals surface area contributed by atoms with Gasteiger partial charge in [0, 0.05) is 12.8 Å². The van der Waals surface area contributed by atoms with Gasteiger partial charge < -0.3 is 30.1 Å². The summed E-state index contributed by atoms with van der Waals surface area (Å²) >= 11 is 5.48. The molecule has 18 heavy (non-hydrogen) atoms. The number of rotatable bonds is 5. The third-order valence-electron chi connectivity index (χ3n) is 2.61. The van der Waals surface area contributed by atoms with Crippen LogP contribution in [0.25, 0.3) is 0 Å². The maximum Gasteiger partial charge on any atom is 0.217 e. The number of alkyl halides is 1. The van der Waals surface area contributed by atoms with E-state index in [1.165, 1.54) is 6.92 Å². The van der Waals surface area contributed by atoms with E-state index in [4.69, 9.17) is 26.2 Å². The van der Waals surface area contributed by atoms with Crippen LogP contribution >= 0.6 is 11.6 Å². The SMILES string of the molecule is CC(=O)N[C@H]1[C@H](OCCCl)O[C@H](CO)[C@@H](O)[C@@H]1O. The third-order valence-corrected chi connectivity index (χ3v) is 2.76. The lowest BCUT2D eigenvalue weighted by molar-refractivity contribution is -0.268. The first-order valence-corrected chi connectivity index (χ1v) is 6.11. The molecular formula is C10H18ClNO6. The Hall–Kier alpha value is -0.440. The van der Waals surface area contributed by atoms with Gasteiger partial charge in [-0.05, 0) is 0 Å². The number of hydrogen-bond acceptors (Lipinski definition) is 6. The number of carbonyl (C=O) groups is 1. The van der Waals surface area contributed by atoms with Gasteiger partial charge in [0.25, 0.3) is 0 Å². The first kappa shape index (κ1) is 15.6. The van der Waals surface area contributed by atoms with E-state index in [0.29, 0.717) is 0 Å². The summed E-state index contributed by atoms with van der Waals surface area (Å²) in [5.74, 6) is -0.175. The van der Waals surface area contributed by atoms with Crippen LogP contribution in [0, 0.1) is 0 Å². The fraction of sp³-hybridized carbons (Fsp3) is 0.900. The van der Waals surface area contributed by atoms with Crippen LogP contribution in [-0.2, 0) is 14.3 Å². The van der Waals surface area contributed by atoms with Gasteiger partial charge in [-0.25, -0.2) is 0 Å². The lowest BCUT2D eigenvalue weighted by Gasteiger charge is -2.42. The zero-order valence-electron chi connectivity index (χ0n) is 9.95. The van der Waals surface area contributed by atoms with Gasteiger partial charge in [-0.15, -0.1) is 11.6 Å². The first-order valence-electron chi connectivity index (χ1n) is 5.58. The molecule has 0 radical (unpaired) electrons. The number of aliphatic hydroxyl groups is 3. The molecule has 1 fully saturated rings. The van der Waals surface area contributed by atoms with Crippen LogP contribution < -0.4 is 5.32 Å². The monoisotopic (exact) mass is 283 g/mol. The molecule has 0 aliphatic carbocycles. The molecule has 0 unspecified atom stereocenters. The van der Waals surface area contributed by atoms with Crippen molar-refractivity contribution in [2.45, 2.75) is 37.6 Å². The predicted molar refractivity (Wildman–Crippen MR) is 62.0 cm³/mol. The number of nitrogens with one attached hydrogen (secondary N) is 1. The molecule has 8 heteroatoms. The Labute approximate surface area is 110 Å². The van der Waals surface area contributed by atoms with E-state index in [-0.39, 0.29) is 12.5 Å². The lowest BCUT2D eigenvalue weighted by Crippen LogP contribution is -2.64. The average Bonchev–Trinajstić information content (AvgIpc) is 2.33. The number of amides is 1. The zero-order valence-corrected chi connectivity index (χ0v) is 10.7. The van der Waals surface area contributed by atoms with Crippen LogP contribution in [0.1, 0.15) is 6.92 Å². The van der Waals surface area contributed by atoms with Crippen LogP contribution in [0.3, 0.4) is 0 Å². The number of halogens is 1. The molecule has 5 atom stereocenters. The Bertz CT molecular complexity index is 279. The Morgan fingerprint density at radius 2 is 2.11 bits per heavy atom. The highest BCUT2D eigenvalue weighted by Gasteiger charge is 2.45. The summed E-state index contributed by atoms with van der Waals surface area (Å²) in [6.07, 6.45) is -4.53. The van der Waals surface area contributed by atoms with Crippen molar-refractivity contribution < 1.29 is 29.6 Å². The number of carbonyl (C=O) groups excluding carboxylic acids is 1. The summed E-state index contributed by atoms with van der Waals surface area (Å²) < 4.78 is 10.5. The second kappa shape index (κ2) is 7.22. The van der Waals surface area contributed by atoms with Crippen molar-refractivity contribution in [1.82, 2.24) is 5.32 Å². The second-order valence-corrected chi connectivity index (χ2v) is 4.37. The lowest BCUT2D eigenvalue weighted by atomic mass is 9.97. The van der Waals surface area contributed by atoms with E-state index >= 15 is 0 Å². The highest BCUT2D eigenvalue weighted by atomic mass is 35.5. The molecule has 0 bridgehead atoms. The van der Waals surface area contributed by atoms with Crippen molar-refractivity contribution in [2.24, 2.45) is 0 Å². The van der Waals surface area contributed by atoms with Crippen LogP contribution in [0.15, 0.2) is 0 Å². The molecule has 7 nitrogen and oxygen atoms in total. The summed E-state index contributed by atoms with van der Waals surface area (Å²) in [6.45, 7) is 0.963. The summed E-state index contributed by atoms with van der Waals surface area (Å²) in [5.41, 5.74) is 0. The molecule has 0 aromatic heterocycles. The standard InChI is InChI=1S/C10H18ClNO6/c1-5(14)12-7-9(16)8(15)6(4-13)18-10(7)17-3-2-11/h6-10,13,15-16H,2-4H2,1H3,(H,12,14)/t6-,7-,8-,9-,10-/m1/s1. The largest absolute Gasteiger partial charge is 0.394 e. The number of hydrogen-bond donors (Lipinski definition) is 4. The average molecular weight is 284 g/mol. The van der Waals surface area contributed by atoms with Crippen molar-refractivity contribution in [2.75, 3.05) is 19.1 Å². The van der Waals surface area contributed by atoms with E-state index in [1.807, 2.05) is 0 Å². The van der Waals surface area contributed by atoms with Crippen molar-refractivity contribution >= 4 is 17.5 Å². The fourth-order valence-electron chi connectivity index (χ4n) is 1.77. The van der Waals surface area contributed by atoms with E-state index < -0.39 is 43.2 Å².